The van der Waals surface area contributed by atoms with Crippen molar-refractivity contribution in [1.82, 2.24) is 14.7 Å². The first-order valence-corrected chi connectivity index (χ1v) is 8.09. The van der Waals surface area contributed by atoms with Crippen LogP contribution >= 0.6 is 0 Å². The molecule has 122 valence electrons. The number of aromatic nitrogens is 2. The van der Waals surface area contributed by atoms with E-state index in [4.69, 9.17) is 4.74 Å². The maximum absolute atomic E-state index is 12.7. The van der Waals surface area contributed by atoms with Crippen LogP contribution in [0.2, 0.25) is 0 Å². The van der Waals surface area contributed by atoms with Crippen LogP contribution in [-0.4, -0.2) is 33.2 Å². The molecule has 0 unspecified atom stereocenters. The van der Waals surface area contributed by atoms with E-state index in [9.17, 15) is 4.79 Å². The molecule has 0 radical (unpaired) electrons. The molecule has 0 spiro atoms. The minimum Gasteiger partial charge on any atom is -0.364 e. The highest BCUT2D eigenvalue weighted by molar-refractivity contribution is 5.81. The van der Waals surface area contributed by atoms with Crippen LogP contribution in [0.25, 0.3) is 0 Å². The van der Waals surface area contributed by atoms with Crippen LogP contribution in [0.1, 0.15) is 36.9 Å². The molecule has 23 heavy (non-hydrogen) atoms. The van der Waals surface area contributed by atoms with Crippen molar-refractivity contribution in [3.63, 3.8) is 0 Å². The number of aryl methyl sites for hydroxylation is 1. The summed E-state index contributed by atoms with van der Waals surface area (Å²) in [5.41, 5.74) is 2.19. The SMILES string of the molecule is C[C@H](OCc1ccccc1)C(=O)N1CCC[C@H]1c1cnn(C)c1. The molecule has 3 rings (SSSR count). The van der Waals surface area contributed by atoms with Gasteiger partial charge in [-0.25, -0.2) is 0 Å². The molecular weight excluding hydrogens is 290 g/mol. The summed E-state index contributed by atoms with van der Waals surface area (Å²) in [4.78, 5) is 14.7. The Morgan fingerprint density at radius 3 is 2.87 bits per heavy atom. The Kier molecular flexibility index (Phi) is 4.76. The number of rotatable bonds is 5. The van der Waals surface area contributed by atoms with E-state index in [1.165, 1.54) is 0 Å². The summed E-state index contributed by atoms with van der Waals surface area (Å²) >= 11 is 0. The highest BCUT2D eigenvalue weighted by atomic mass is 16.5. The zero-order valence-electron chi connectivity index (χ0n) is 13.7. The van der Waals surface area contributed by atoms with Gasteiger partial charge in [-0.3, -0.25) is 9.48 Å². The van der Waals surface area contributed by atoms with Crippen molar-refractivity contribution in [3.05, 3.63) is 53.9 Å². The molecule has 1 aliphatic heterocycles. The van der Waals surface area contributed by atoms with E-state index in [0.717, 1.165) is 30.5 Å². The van der Waals surface area contributed by atoms with Crippen LogP contribution in [-0.2, 0) is 23.2 Å². The van der Waals surface area contributed by atoms with Gasteiger partial charge in [-0.05, 0) is 25.3 Å². The minimum absolute atomic E-state index is 0.0623. The van der Waals surface area contributed by atoms with Gasteiger partial charge in [0.15, 0.2) is 0 Å². The Balaban J connectivity index is 1.62. The lowest BCUT2D eigenvalue weighted by molar-refractivity contribution is -0.144. The minimum atomic E-state index is -0.438. The number of hydrogen-bond donors (Lipinski definition) is 0. The van der Waals surface area contributed by atoms with Gasteiger partial charge in [-0.15, -0.1) is 0 Å². The van der Waals surface area contributed by atoms with E-state index in [-0.39, 0.29) is 11.9 Å². The third-order valence-corrected chi connectivity index (χ3v) is 4.34. The summed E-state index contributed by atoms with van der Waals surface area (Å²) in [6.45, 7) is 3.08. The fourth-order valence-corrected chi connectivity index (χ4v) is 3.09. The molecular formula is C18H23N3O2. The maximum Gasteiger partial charge on any atom is 0.251 e. The molecule has 1 saturated heterocycles. The highest BCUT2D eigenvalue weighted by Crippen LogP contribution is 2.32. The molecule has 5 heteroatoms. The average molecular weight is 313 g/mol. The Labute approximate surface area is 136 Å². The van der Waals surface area contributed by atoms with Crippen molar-refractivity contribution in [2.24, 2.45) is 7.05 Å². The predicted octanol–water partition coefficient (Wildman–Crippen LogP) is 2.69. The van der Waals surface area contributed by atoms with Gasteiger partial charge in [0.25, 0.3) is 5.91 Å². The average Bonchev–Trinajstić information content (AvgIpc) is 3.21. The number of ether oxygens (including phenoxy) is 1. The molecule has 5 nitrogen and oxygen atoms in total. The van der Waals surface area contributed by atoms with Crippen molar-refractivity contribution in [2.75, 3.05) is 6.54 Å². The number of carbonyl (C=O) groups is 1. The van der Waals surface area contributed by atoms with Crippen LogP contribution in [0.5, 0.6) is 0 Å². The van der Waals surface area contributed by atoms with Crippen LogP contribution in [0, 0.1) is 0 Å². The topological polar surface area (TPSA) is 47.4 Å². The highest BCUT2D eigenvalue weighted by Gasteiger charge is 2.33. The Morgan fingerprint density at radius 2 is 2.17 bits per heavy atom. The zero-order valence-corrected chi connectivity index (χ0v) is 13.7. The van der Waals surface area contributed by atoms with E-state index in [2.05, 4.69) is 5.10 Å². The van der Waals surface area contributed by atoms with Crippen molar-refractivity contribution < 1.29 is 9.53 Å². The van der Waals surface area contributed by atoms with E-state index in [1.807, 2.05) is 61.6 Å². The number of benzene rings is 1. The Morgan fingerprint density at radius 1 is 1.39 bits per heavy atom. The number of likely N-dealkylation sites (tertiary alicyclic amines) is 1. The lowest BCUT2D eigenvalue weighted by Crippen LogP contribution is -2.38. The second-order valence-electron chi connectivity index (χ2n) is 6.08. The number of hydrogen-bond acceptors (Lipinski definition) is 3. The van der Waals surface area contributed by atoms with Gasteiger partial charge in [0, 0.05) is 25.4 Å². The summed E-state index contributed by atoms with van der Waals surface area (Å²) in [6.07, 6.45) is 5.42. The van der Waals surface area contributed by atoms with E-state index >= 15 is 0 Å². The molecule has 2 heterocycles. The first-order chi connectivity index (χ1) is 11.1. The number of nitrogens with zero attached hydrogens (tertiary/aromatic N) is 3. The van der Waals surface area contributed by atoms with Gasteiger partial charge in [-0.1, -0.05) is 30.3 Å². The van der Waals surface area contributed by atoms with E-state index in [1.54, 1.807) is 4.68 Å². The largest absolute Gasteiger partial charge is 0.364 e. The van der Waals surface area contributed by atoms with Crippen molar-refractivity contribution >= 4 is 5.91 Å². The summed E-state index contributed by atoms with van der Waals surface area (Å²) in [5, 5.41) is 4.22. The standard InChI is InChI=1S/C18H23N3O2/c1-14(23-13-15-7-4-3-5-8-15)18(22)21-10-6-9-17(21)16-11-19-20(2)12-16/h3-5,7-8,11-12,14,17H,6,9-10,13H2,1-2H3/t14-,17-/m0/s1. The van der Waals surface area contributed by atoms with Gasteiger partial charge in [-0.2, -0.15) is 5.10 Å². The molecule has 0 N–H and O–H groups in total. The van der Waals surface area contributed by atoms with Crippen molar-refractivity contribution in [1.29, 1.82) is 0 Å². The molecule has 2 atom stereocenters. The zero-order chi connectivity index (χ0) is 16.2. The third kappa shape index (κ3) is 3.62. The van der Waals surface area contributed by atoms with Crippen LogP contribution in [0.4, 0.5) is 0 Å². The lowest BCUT2D eigenvalue weighted by atomic mass is 10.1. The molecule has 0 aliphatic carbocycles. The monoisotopic (exact) mass is 313 g/mol. The van der Waals surface area contributed by atoms with Crippen molar-refractivity contribution in [3.8, 4) is 0 Å². The molecule has 1 aromatic carbocycles. The first kappa shape index (κ1) is 15.7. The lowest BCUT2D eigenvalue weighted by Gasteiger charge is -2.27. The van der Waals surface area contributed by atoms with Crippen LogP contribution in [0.3, 0.4) is 0 Å². The molecule has 0 bridgehead atoms. The van der Waals surface area contributed by atoms with Crippen LogP contribution < -0.4 is 0 Å². The fraction of sp³-hybridized carbons (Fsp3) is 0.444. The summed E-state index contributed by atoms with van der Waals surface area (Å²) in [6, 6.07) is 10.1. The predicted molar refractivity (Wildman–Crippen MR) is 87.6 cm³/mol. The van der Waals surface area contributed by atoms with E-state index in [0.29, 0.717) is 6.61 Å². The van der Waals surface area contributed by atoms with Gasteiger partial charge < -0.3 is 9.64 Å². The first-order valence-electron chi connectivity index (χ1n) is 8.09. The summed E-state index contributed by atoms with van der Waals surface area (Å²) < 4.78 is 7.56. The molecule has 1 aliphatic rings. The van der Waals surface area contributed by atoms with Gasteiger partial charge in [0.2, 0.25) is 0 Å². The van der Waals surface area contributed by atoms with Gasteiger partial charge in [0.1, 0.15) is 6.10 Å². The maximum atomic E-state index is 12.7. The normalized spacial score (nSPS) is 19.0. The van der Waals surface area contributed by atoms with Gasteiger partial charge >= 0.3 is 0 Å². The smallest absolute Gasteiger partial charge is 0.251 e. The Bertz CT molecular complexity index is 653. The summed E-state index contributed by atoms with van der Waals surface area (Å²) in [5.74, 6) is 0.0623. The second kappa shape index (κ2) is 6.96. The third-order valence-electron chi connectivity index (χ3n) is 4.34. The molecule has 1 fully saturated rings. The van der Waals surface area contributed by atoms with Crippen LogP contribution in [0.15, 0.2) is 42.7 Å². The quantitative estimate of drug-likeness (QED) is 0.852. The van der Waals surface area contributed by atoms with E-state index < -0.39 is 6.10 Å². The molecule has 1 aromatic heterocycles. The second-order valence-corrected chi connectivity index (χ2v) is 6.08. The van der Waals surface area contributed by atoms with Crippen molar-refractivity contribution in [2.45, 2.75) is 38.5 Å². The molecule has 0 saturated carbocycles. The summed E-state index contributed by atoms with van der Waals surface area (Å²) in [7, 11) is 1.90. The fourth-order valence-electron chi connectivity index (χ4n) is 3.09. The number of amides is 1. The molecule has 2 aromatic rings. The Hall–Kier alpha value is -2.14. The van der Waals surface area contributed by atoms with Gasteiger partial charge in [0.05, 0.1) is 18.8 Å². The molecule has 1 amide bonds. The number of carbonyl (C=O) groups excluding carboxylic acids is 1.